The highest BCUT2D eigenvalue weighted by Crippen LogP contribution is 2.35. The molecule has 30 heavy (non-hydrogen) atoms. The van der Waals surface area contributed by atoms with Gasteiger partial charge < -0.3 is 19.7 Å². The molecule has 0 radical (unpaired) electrons. The number of nitrogens with one attached hydrogen (secondary N) is 1. The van der Waals surface area contributed by atoms with E-state index >= 15 is 0 Å². The number of rotatable bonds is 6. The Morgan fingerprint density at radius 1 is 1.23 bits per heavy atom. The average Bonchev–Trinajstić information content (AvgIpc) is 3.10. The maximum absolute atomic E-state index is 12.4. The Hall–Kier alpha value is -2.29. The van der Waals surface area contributed by atoms with Gasteiger partial charge in [0.15, 0.2) is 6.61 Å². The molecule has 3 rings (SSSR count). The number of ether oxygens (including phenoxy) is 2. The lowest BCUT2D eigenvalue weighted by Crippen LogP contribution is -2.28. The molecule has 7 nitrogen and oxygen atoms in total. The quantitative estimate of drug-likeness (QED) is 0.580. The normalized spacial score (nSPS) is 15.8. The summed E-state index contributed by atoms with van der Waals surface area (Å²) in [6.45, 7) is -0.384. The number of carbonyl (C=O) groups is 3. The Balaban J connectivity index is 1.58. The second-order valence-electron chi connectivity index (χ2n) is 6.50. The third-order valence-corrected chi connectivity index (χ3v) is 5.48. The van der Waals surface area contributed by atoms with Crippen molar-refractivity contribution in [2.75, 3.05) is 30.5 Å². The molecule has 0 saturated carbocycles. The summed E-state index contributed by atoms with van der Waals surface area (Å²) < 4.78 is 11.1. The molecule has 2 aromatic rings. The van der Waals surface area contributed by atoms with E-state index in [1.54, 1.807) is 36.4 Å². The Bertz CT molecular complexity index is 1000. The van der Waals surface area contributed by atoms with Crippen LogP contribution in [0, 0.1) is 5.92 Å². The molecular formula is C20H17BrCl2N2O5. The van der Waals surface area contributed by atoms with Crippen LogP contribution >= 0.6 is 39.1 Å². The molecule has 1 fully saturated rings. The van der Waals surface area contributed by atoms with Crippen LogP contribution in [0.1, 0.15) is 6.42 Å². The van der Waals surface area contributed by atoms with E-state index < -0.39 is 24.4 Å². The van der Waals surface area contributed by atoms with Crippen molar-refractivity contribution >= 4 is 68.3 Å². The fourth-order valence-electron chi connectivity index (χ4n) is 3.00. The first kappa shape index (κ1) is 22.4. The van der Waals surface area contributed by atoms with Crippen LogP contribution in [0.15, 0.2) is 40.9 Å². The highest BCUT2D eigenvalue weighted by molar-refractivity contribution is 9.10. The molecule has 1 aliphatic rings. The van der Waals surface area contributed by atoms with Crippen LogP contribution in [0.5, 0.6) is 5.75 Å². The van der Waals surface area contributed by atoms with Gasteiger partial charge in [-0.1, -0.05) is 39.1 Å². The van der Waals surface area contributed by atoms with Crippen LogP contribution in [0.2, 0.25) is 10.0 Å². The number of anilines is 2. The van der Waals surface area contributed by atoms with Crippen molar-refractivity contribution in [3.8, 4) is 5.75 Å². The summed E-state index contributed by atoms with van der Waals surface area (Å²) in [6.07, 6.45) is -0.0331. The third kappa shape index (κ3) is 5.24. The van der Waals surface area contributed by atoms with Gasteiger partial charge in [-0.3, -0.25) is 14.4 Å². The van der Waals surface area contributed by atoms with E-state index in [2.05, 4.69) is 21.2 Å². The first-order valence-corrected chi connectivity index (χ1v) is 10.4. The maximum Gasteiger partial charge on any atom is 0.311 e. The Kier molecular flexibility index (Phi) is 7.23. The molecule has 1 aliphatic heterocycles. The number of hydrogen-bond acceptors (Lipinski definition) is 5. The minimum absolute atomic E-state index is 0.0331. The zero-order valence-electron chi connectivity index (χ0n) is 15.8. The highest BCUT2D eigenvalue weighted by Gasteiger charge is 2.37. The monoisotopic (exact) mass is 514 g/mol. The largest absolute Gasteiger partial charge is 0.495 e. The summed E-state index contributed by atoms with van der Waals surface area (Å²) in [5.74, 6) is -1.67. The van der Waals surface area contributed by atoms with E-state index in [-0.39, 0.29) is 18.9 Å². The molecule has 0 unspecified atom stereocenters. The fourth-order valence-corrected chi connectivity index (χ4v) is 3.89. The lowest BCUT2D eigenvalue weighted by Gasteiger charge is -2.19. The van der Waals surface area contributed by atoms with Gasteiger partial charge in [-0.25, -0.2) is 0 Å². The number of esters is 1. The first-order chi connectivity index (χ1) is 14.3. The number of benzene rings is 2. The van der Waals surface area contributed by atoms with Gasteiger partial charge in [0.2, 0.25) is 5.91 Å². The predicted octanol–water partition coefficient (Wildman–Crippen LogP) is 4.30. The van der Waals surface area contributed by atoms with E-state index in [4.69, 9.17) is 32.7 Å². The van der Waals surface area contributed by atoms with Gasteiger partial charge in [-0.2, -0.15) is 0 Å². The molecule has 1 N–H and O–H groups in total. The SMILES string of the molecule is COc1ccc(Cl)cc1N1C[C@H](C(=O)OCC(=O)Nc2ccc(Br)cc2Cl)CC1=O. The van der Waals surface area contributed by atoms with Gasteiger partial charge in [0, 0.05) is 22.5 Å². The number of nitrogens with zero attached hydrogens (tertiary/aromatic N) is 1. The molecule has 0 spiro atoms. The van der Waals surface area contributed by atoms with Gasteiger partial charge in [0.05, 0.1) is 29.4 Å². The van der Waals surface area contributed by atoms with Crippen LogP contribution in [0.4, 0.5) is 11.4 Å². The lowest BCUT2D eigenvalue weighted by molar-refractivity contribution is -0.151. The number of methoxy groups -OCH3 is 1. The molecule has 2 aromatic carbocycles. The number of amides is 2. The first-order valence-electron chi connectivity index (χ1n) is 8.84. The molecule has 2 amide bonds. The van der Waals surface area contributed by atoms with Crippen molar-refractivity contribution < 1.29 is 23.9 Å². The highest BCUT2D eigenvalue weighted by atomic mass is 79.9. The molecule has 10 heteroatoms. The summed E-state index contributed by atoms with van der Waals surface area (Å²) in [4.78, 5) is 38.3. The summed E-state index contributed by atoms with van der Waals surface area (Å²) in [7, 11) is 1.48. The average molecular weight is 516 g/mol. The van der Waals surface area contributed by atoms with E-state index in [1.165, 1.54) is 12.0 Å². The Morgan fingerprint density at radius 3 is 2.70 bits per heavy atom. The lowest BCUT2D eigenvalue weighted by atomic mass is 10.1. The van der Waals surface area contributed by atoms with Gasteiger partial charge in [-0.15, -0.1) is 0 Å². The van der Waals surface area contributed by atoms with Crippen molar-refractivity contribution in [1.82, 2.24) is 0 Å². The van der Waals surface area contributed by atoms with Crippen molar-refractivity contribution in [3.63, 3.8) is 0 Å². The zero-order valence-corrected chi connectivity index (χ0v) is 18.9. The minimum Gasteiger partial charge on any atom is -0.495 e. The fraction of sp³-hybridized carbons (Fsp3) is 0.250. The molecule has 0 bridgehead atoms. The molecule has 1 atom stereocenters. The molecule has 158 valence electrons. The second kappa shape index (κ2) is 9.68. The third-order valence-electron chi connectivity index (χ3n) is 4.44. The number of carbonyl (C=O) groups excluding carboxylic acids is 3. The van der Waals surface area contributed by atoms with E-state index in [9.17, 15) is 14.4 Å². The van der Waals surface area contributed by atoms with Crippen molar-refractivity contribution in [3.05, 3.63) is 50.9 Å². The number of halogens is 3. The van der Waals surface area contributed by atoms with E-state index in [0.717, 1.165) is 4.47 Å². The molecule has 0 aliphatic carbocycles. The van der Waals surface area contributed by atoms with Gasteiger partial charge >= 0.3 is 5.97 Å². The summed E-state index contributed by atoms with van der Waals surface area (Å²) in [5, 5.41) is 3.35. The summed E-state index contributed by atoms with van der Waals surface area (Å²) in [5.41, 5.74) is 0.879. The standard InChI is InChI=1S/C20H17BrCl2N2O5/c1-29-17-5-3-13(22)8-16(17)25-9-11(6-19(25)27)20(28)30-10-18(26)24-15-4-2-12(21)7-14(15)23/h2-5,7-8,11H,6,9-10H2,1H3,(H,24,26)/t11-/m1/s1. The minimum atomic E-state index is -0.703. The van der Waals surface area contributed by atoms with Crippen molar-refractivity contribution in [2.24, 2.45) is 5.92 Å². The van der Waals surface area contributed by atoms with Crippen LogP contribution in [-0.4, -0.2) is 38.0 Å². The van der Waals surface area contributed by atoms with Crippen LogP contribution < -0.4 is 15.0 Å². The topological polar surface area (TPSA) is 84.9 Å². The van der Waals surface area contributed by atoms with Gasteiger partial charge in [0.1, 0.15) is 5.75 Å². The Morgan fingerprint density at radius 2 is 2.00 bits per heavy atom. The number of hydrogen-bond donors (Lipinski definition) is 1. The van der Waals surface area contributed by atoms with Crippen molar-refractivity contribution in [1.29, 1.82) is 0 Å². The van der Waals surface area contributed by atoms with Crippen molar-refractivity contribution in [2.45, 2.75) is 6.42 Å². The van der Waals surface area contributed by atoms with E-state index in [0.29, 0.717) is 27.2 Å². The molecular weight excluding hydrogens is 499 g/mol. The smallest absolute Gasteiger partial charge is 0.311 e. The summed E-state index contributed by atoms with van der Waals surface area (Å²) >= 11 is 15.4. The van der Waals surface area contributed by atoms with Crippen LogP contribution in [0.25, 0.3) is 0 Å². The zero-order chi connectivity index (χ0) is 21.8. The van der Waals surface area contributed by atoms with Gasteiger partial charge in [0.25, 0.3) is 5.91 Å². The van der Waals surface area contributed by atoms with E-state index in [1.807, 2.05) is 0 Å². The van der Waals surface area contributed by atoms with Crippen LogP contribution in [0.3, 0.4) is 0 Å². The van der Waals surface area contributed by atoms with Gasteiger partial charge in [-0.05, 0) is 36.4 Å². The predicted molar refractivity (Wildman–Crippen MR) is 117 cm³/mol. The maximum atomic E-state index is 12.4. The molecule has 0 aromatic heterocycles. The molecule has 1 saturated heterocycles. The summed E-state index contributed by atoms with van der Waals surface area (Å²) in [6, 6.07) is 9.86. The van der Waals surface area contributed by atoms with Crippen LogP contribution in [-0.2, 0) is 19.1 Å². The molecule has 1 heterocycles. The second-order valence-corrected chi connectivity index (χ2v) is 8.26. The Labute approximate surface area is 191 Å².